The Hall–Kier alpha value is -1.00. The molecule has 1 N–H and O–H groups in total. The molecule has 0 atom stereocenters. The van der Waals surface area contributed by atoms with Crippen molar-refractivity contribution in [1.29, 1.82) is 0 Å². The Morgan fingerprint density at radius 3 is 2.50 bits per heavy atom. The number of aliphatic hydroxyl groups excluding tert-OH is 1. The molecule has 18 heavy (non-hydrogen) atoms. The molecule has 4 heteroatoms. The third kappa shape index (κ3) is 3.06. The Bertz CT molecular complexity index is 401. The first-order valence-electron chi connectivity index (χ1n) is 6.43. The van der Waals surface area contributed by atoms with Gasteiger partial charge in [0.2, 0.25) is 0 Å². The lowest BCUT2D eigenvalue weighted by molar-refractivity contribution is 0.0562. The molecule has 1 fully saturated rings. The van der Waals surface area contributed by atoms with Crippen LogP contribution in [0.4, 0.5) is 0 Å². The molecule has 1 aromatic carbocycles. The molecule has 1 aliphatic carbocycles. The van der Waals surface area contributed by atoms with E-state index in [1.807, 2.05) is 29.2 Å². The zero-order chi connectivity index (χ0) is 13.0. The van der Waals surface area contributed by atoms with Crippen molar-refractivity contribution in [3.8, 4) is 0 Å². The van der Waals surface area contributed by atoms with E-state index in [1.165, 1.54) is 6.42 Å². The molecule has 1 aromatic rings. The molecule has 0 heterocycles. The number of hydrogen-bond acceptors (Lipinski definition) is 3. The fourth-order valence-corrected chi connectivity index (χ4v) is 2.31. The number of thiol groups is 1. The Labute approximate surface area is 113 Å². The molecule has 0 spiro atoms. The van der Waals surface area contributed by atoms with E-state index < -0.39 is 0 Å². The lowest BCUT2D eigenvalue weighted by Crippen LogP contribution is -2.44. The molecule has 0 radical (unpaired) electrons. The Morgan fingerprint density at radius 2 is 2.00 bits per heavy atom. The van der Waals surface area contributed by atoms with Crippen LogP contribution in [-0.4, -0.2) is 35.1 Å². The summed E-state index contributed by atoms with van der Waals surface area (Å²) in [7, 11) is 0. The summed E-state index contributed by atoms with van der Waals surface area (Å²) in [5.41, 5.74) is 0.706. The number of carbonyl (C=O) groups excluding carboxylic acids is 1. The van der Waals surface area contributed by atoms with Crippen molar-refractivity contribution in [2.24, 2.45) is 0 Å². The van der Waals surface area contributed by atoms with E-state index in [2.05, 4.69) is 12.6 Å². The van der Waals surface area contributed by atoms with Crippen LogP contribution in [0.5, 0.6) is 0 Å². The number of amides is 1. The van der Waals surface area contributed by atoms with Gasteiger partial charge in [-0.25, -0.2) is 0 Å². The highest BCUT2D eigenvalue weighted by Crippen LogP contribution is 2.26. The maximum Gasteiger partial charge on any atom is 0.254 e. The van der Waals surface area contributed by atoms with Gasteiger partial charge >= 0.3 is 0 Å². The van der Waals surface area contributed by atoms with Crippen molar-refractivity contribution >= 4 is 18.5 Å². The normalized spacial score (nSPS) is 15.2. The predicted molar refractivity (Wildman–Crippen MR) is 74.1 cm³/mol. The van der Waals surface area contributed by atoms with Crippen molar-refractivity contribution in [2.45, 2.75) is 36.6 Å². The van der Waals surface area contributed by atoms with Gasteiger partial charge in [0.05, 0.1) is 0 Å². The summed E-state index contributed by atoms with van der Waals surface area (Å²) in [4.78, 5) is 15.2. The van der Waals surface area contributed by atoms with Crippen molar-refractivity contribution in [3.05, 3.63) is 29.8 Å². The minimum absolute atomic E-state index is 0.0708. The van der Waals surface area contributed by atoms with Crippen molar-refractivity contribution in [3.63, 3.8) is 0 Å². The molecule has 0 aliphatic heterocycles. The summed E-state index contributed by atoms with van der Waals surface area (Å²) >= 11 is 4.22. The summed E-state index contributed by atoms with van der Waals surface area (Å²) in [6.45, 7) is 0.773. The van der Waals surface area contributed by atoms with Crippen LogP contribution in [-0.2, 0) is 0 Å². The lowest BCUT2D eigenvalue weighted by Gasteiger charge is -2.37. The van der Waals surface area contributed by atoms with Crippen LogP contribution >= 0.6 is 12.6 Å². The van der Waals surface area contributed by atoms with Crippen LogP contribution in [0.25, 0.3) is 0 Å². The largest absolute Gasteiger partial charge is 0.396 e. The number of hydrogen-bond donors (Lipinski definition) is 2. The fraction of sp³-hybridized carbons (Fsp3) is 0.500. The van der Waals surface area contributed by atoms with Gasteiger partial charge in [0.25, 0.3) is 5.91 Å². The topological polar surface area (TPSA) is 40.5 Å². The Balaban J connectivity index is 2.08. The monoisotopic (exact) mass is 265 g/mol. The zero-order valence-electron chi connectivity index (χ0n) is 10.4. The van der Waals surface area contributed by atoms with Gasteiger partial charge < -0.3 is 10.0 Å². The SMILES string of the molecule is O=C(c1ccc(S)cc1)N(CCCO)C1CCC1. The minimum Gasteiger partial charge on any atom is -0.396 e. The second kappa shape index (κ2) is 6.25. The van der Waals surface area contributed by atoms with Crippen LogP contribution in [0.2, 0.25) is 0 Å². The first kappa shape index (κ1) is 13.4. The first-order valence-corrected chi connectivity index (χ1v) is 6.88. The molecular weight excluding hydrogens is 246 g/mol. The second-order valence-electron chi connectivity index (χ2n) is 4.71. The summed E-state index contributed by atoms with van der Waals surface area (Å²) in [5, 5.41) is 8.93. The van der Waals surface area contributed by atoms with Gasteiger partial charge in [-0.3, -0.25) is 4.79 Å². The van der Waals surface area contributed by atoms with Crippen LogP contribution in [0.1, 0.15) is 36.0 Å². The van der Waals surface area contributed by atoms with Gasteiger partial charge in [-0.2, -0.15) is 0 Å². The van der Waals surface area contributed by atoms with Crippen LogP contribution in [0.3, 0.4) is 0 Å². The minimum atomic E-state index is 0.0708. The van der Waals surface area contributed by atoms with Gasteiger partial charge in [-0.15, -0.1) is 12.6 Å². The number of benzene rings is 1. The average molecular weight is 265 g/mol. The molecule has 1 amide bonds. The van der Waals surface area contributed by atoms with Gasteiger partial charge in [0, 0.05) is 29.7 Å². The maximum atomic E-state index is 12.4. The van der Waals surface area contributed by atoms with Crippen molar-refractivity contribution < 1.29 is 9.90 Å². The van der Waals surface area contributed by atoms with E-state index in [0.717, 1.165) is 17.7 Å². The number of nitrogens with zero attached hydrogens (tertiary/aromatic N) is 1. The first-order chi connectivity index (χ1) is 8.72. The Kier molecular flexibility index (Phi) is 4.66. The number of carbonyl (C=O) groups is 1. The summed E-state index contributed by atoms with van der Waals surface area (Å²) in [6, 6.07) is 7.66. The van der Waals surface area contributed by atoms with Crippen LogP contribution in [0, 0.1) is 0 Å². The maximum absolute atomic E-state index is 12.4. The highest BCUT2D eigenvalue weighted by atomic mass is 32.1. The van der Waals surface area contributed by atoms with Crippen LogP contribution in [0.15, 0.2) is 29.2 Å². The third-order valence-corrected chi connectivity index (χ3v) is 3.75. The van der Waals surface area contributed by atoms with Crippen molar-refractivity contribution in [1.82, 2.24) is 4.90 Å². The molecule has 0 aromatic heterocycles. The summed E-state index contributed by atoms with van der Waals surface area (Å²) < 4.78 is 0. The standard InChI is InChI=1S/C14H19NO2S/c16-10-2-9-15(12-3-1-4-12)14(17)11-5-7-13(18)8-6-11/h5-8,12,16,18H,1-4,9-10H2. The van der Waals surface area contributed by atoms with Crippen LogP contribution < -0.4 is 0 Å². The highest BCUT2D eigenvalue weighted by molar-refractivity contribution is 7.80. The molecule has 1 aliphatic rings. The van der Waals surface area contributed by atoms with E-state index in [9.17, 15) is 4.79 Å². The molecule has 0 unspecified atom stereocenters. The zero-order valence-corrected chi connectivity index (χ0v) is 11.3. The van der Waals surface area contributed by atoms with E-state index >= 15 is 0 Å². The lowest BCUT2D eigenvalue weighted by atomic mass is 9.91. The smallest absolute Gasteiger partial charge is 0.254 e. The molecule has 98 valence electrons. The fourth-order valence-electron chi connectivity index (χ4n) is 2.16. The summed E-state index contributed by atoms with van der Waals surface area (Å²) in [5.74, 6) is 0.0708. The van der Waals surface area contributed by atoms with E-state index in [1.54, 1.807) is 0 Å². The van der Waals surface area contributed by atoms with Gasteiger partial charge in [-0.1, -0.05) is 0 Å². The predicted octanol–water partition coefficient (Wildman–Crippen LogP) is 2.35. The molecule has 0 bridgehead atoms. The van der Waals surface area contributed by atoms with Crippen molar-refractivity contribution in [2.75, 3.05) is 13.2 Å². The molecule has 0 saturated heterocycles. The van der Waals surface area contributed by atoms with Gasteiger partial charge in [-0.05, 0) is 49.9 Å². The second-order valence-corrected chi connectivity index (χ2v) is 5.22. The number of rotatable bonds is 5. The molecule has 3 nitrogen and oxygen atoms in total. The van der Waals surface area contributed by atoms with E-state index in [0.29, 0.717) is 24.6 Å². The highest BCUT2D eigenvalue weighted by Gasteiger charge is 2.28. The molecular formula is C14H19NO2S. The van der Waals surface area contributed by atoms with E-state index in [4.69, 9.17) is 5.11 Å². The molecule has 2 rings (SSSR count). The summed E-state index contributed by atoms with van der Waals surface area (Å²) in [6.07, 6.45) is 4.01. The third-order valence-electron chi connectivity index (χ3n) is 3.45. The van der Waals surface area contributed by atoms with Gasteiger partial charge in [0.15, 0.2) is 0 Å². The average Bonchev–Trinajstić information content (AvgIpc) is 2.32. The quantitative estimate of drug-likeness (QED) is 0.802. The van der Waals surface area contributed by atoms with Gasteiger partial charge in [0.1, 0.15) is 0 Å². The molecule has 1 saturated carbocycles. The Morgan fingerprint density at radius 1 is 1.33 bits per heavy atom. The number of aliphatic hydroxyl groups is 1. The van der Waals surface area contributed by atoms with E-state index in [-0.39, 0.29) is 12.5 Å².